The summed E-state index contributed by atoms with van der Waals surface area (Å²) in [5, 5.41) is 17.8. The van der Waals surface area contributed by atoms with E-state index in [0.717, 1.165) is 36.6 Å². The number of Topliss-reactive ketones (excluding diaryl/α,β-unsaturated/α-hetero) is 2. The number of rotatable bonds is 8. The van der Waals surface area contributed by atoms with Crippen LogP contribution < -0.4 is 14.5 Å². The maximum atomic E-state index is 16.0. The summed E-state index contributed by atoms with van der Waals surface area (Å²) in [5.74, 6) is -5.94. The third-order valence-electron chi connectivity index (χ3n) is 10.8. The third-order valence-corrected chi connectivity index (χ3v) is 10.8. The molecular formula is C34H35F2N7O7. The number of carboxylic acid groups (broad SMARTS) is 1. The minimum Gasteiger partial charge on any atom is -0.492 e. The highest BCUT2D eigenvalue weighted by molar-refractivity contribution is 6.43. The van der Waals surface area contributed by atoms with Crippen LogP contribution in [-0.2, 0) is 32.3 Å². The predicted molar refractivity (Wildman–Crippen MR) is 170 cm³/mol. The number of carbonyl (C=O) groups excluding carboxylic acids is 4. The van der Waals surface area contributed by atoms with Crippen molar-refractivity contribution in [3.8, 4) is 5.75 Å². The molecule has 5 heterocycles. The Morgan fingerprint density at radius 2 is 1.92 bits per heavy atom. The summed E-state index contributed by atoms with van der Waals surface area (Å²) >= 11 is 0. The molecule has 8 rings (SSSR count). The number of carbonyl (C=O) groups is 5. The zero-order valence-electron chi connectivity index (χ0n) is 27.3. The molecule has 4 aliphatic heterocycles. The highest BCUT2D eigenvalue weighted by Crippen LogP contribution is 2.50. The number of aromatic nitrogens is 3. The molecule has 2 unspecified atom stereocenters. The minimum absolute atomic E-state index is 0.00582. The van der Waals surface area contributed by atoms with Gasteiger partial charge < -0.3 is 24.5 Å². The molecule has 6 aliphatic rings. The van der Waals surface area contributed by atoms with Crippen LogP contribution in [0.2, 0.25) is 0 Å². The first-order chi connectivity index (χ1) is 24.0. The van der Waals surface area contributed by atoms with E-state index in [0.29, 0.717) is 25.3 Å². The van der Waals surface area contributed by atoms with Gasteiger partial charge in [0.15, 0.2) is 17.3 Å². The first kappa shape index (κ1) is 32.1. The van der Waals surface area contributed by atoms with E-state index < -0.39 is 40.8 Å². The smallest absolute Gasteiger partial charge is 0.316 e. The lowest BCUT2D eigenvalue weighted by Crippen LogP contribution is -2.49. The van der Waals surface area contributed by atoms with Crippen molar-refractivity contribution in [2.24, 2.45) is 11.8 Å². The Morgan fingerprint density at radius 1 is 1.12 bits per heavy atom. The average Bonchev–Trinajstić information content (AvgIpc) is 3.64. The first-order valence-corrected chi connectivity index (χ1v) is 16.8. The summed E-state index contributed by atoms with van der Waals surface area (Å²) in [6.45, 7) is 0.920. The van der Waals surface area contributed by atoms with Crippen molar-refractivity contribution < 1.29 is 42.6 Å². The highest BCUT2D eigenvalue weighted by atomic mass is 19.1. The molecule has 50 heavy (non-hydrogen) atoms. The van der Waals surface area contributed by atoms with Crippen LogP contribution in [0.3, 0.4) is 0 Å². The first-order valence-electron chi connectivity index (χ1n) is 16.8. The lowest BCUT2D eigenvalue weighted by molar-refractivity contribution is -0.142. The second-order valence-corrected chi connectivity index (χ2v) is 13.9. The number of alkyl halides is 1. The van der Waals surface area contributed by atoms with Crippen LogP contribution >= 0.6 is 0 Å². The molecule has 1 aromatic heterocycles. The number of fused-ring (bicyclic) bond motifs is 3. The predicted octanol–water partition coefficient (Wildman–Crippen LogP) is 1.88. The lowest BCUT2D eigenvalue weighted by atomic mass is 9.89. The van der Waals surface area contributed by atoms with Crippen LogP contribution in [0, 0.1) is 17.7 Å². The molecular weight excluding hydrogens is 656 g/mol. The fourth-order valence-electron chi connectivity index (χ4n) is 8.28. The molecule has 0 spiro atoms. The van der Waals surface area contributed by atoms with E-state index in [1.165, 1.54) is 30.1 Å². The summed E-state index contributed by atoms with van der Waals surface area (Å²) < 4.78 is 38.5. The fourth-order valence-corrected chi connectivity index (χ4v) is 8.28. The Hall–Kier alpha value is -5.15. The molecule has 1 aromatic carbocycles. The monoisotopic (exact) mass is 691 g/mol. The number of piperidine rings is 1. The Morgan fingerprint density at radius 3 is 2.66 bits per heavy atom. The molecule has 0 bridgehead atoms. The number of ether oxygens (including phenoxy) is 1. The topological polar surface area (TPSA) is 158 Å². The summed E-state index contributed by atoms with van der Waals surface area (Å²) in [5.41, 5.74) is -1.52. The number of methoxy groups -OCH3 is 1. The van der Waals surface area contributed by atoms with E-state index in [1.807, 2.05) is 9.80 Å². The Kier molecular flexibility index (Phi) is 7.53. The maximum Gasteiger partial charge on any atom is 0.316 e. The van der Waals surface area contributed by atoms with Gasteiger partial charge in [-0.25, -0.2) is 13.5 Å². The number of likely N-dealkylation sites (tertiary alicyclic amines) is 2. The van der Waals surface area contributed by atoms with Crippen LogP contribution in [0.1, 0.15) is 48.2 Å². The van der Waals surface area contributed by atoms with Crippen LogP contribution in [0.15, 0.2) is 36.2 Å². The molecule has 14 nitrogen and oxygen atoms in total. The molecule has 2 aliphatic carbocycles. The molecule has 3 saturated heterocycles. The van der Waals surface area contributed by atoms with Crippen molar-refractivity contribution in [3.63, 3.8) is 0 Å². The lowest BCUT2D eigenvalue weighted by Gasteiger charge is -2.37. The van der Waals surface area contributed by atoms with Gasteiger partial charge in [-0.05, 0) is 43.7 Å². The van der Waals surface area contributed by atoms with E-state index >= 15 is 8.78 Å². The van der Waals surface area contributed by atoms with Crippen molar-refractivity contribution in [3.05, 3.63) is 53.3 Å². The van der Waals surface area contributed by atoms with Gasteiger partial charge in [-0.3, -0.25) is 28.9 Å². The van der Waals surface area contributed by atoms with Crippen molar-refractivity contribution in [1.82, 2.24) is 24.8 Å². The maximum absolute atomic E-state index is 16.0. The highest BCUT2D eigenvalue weighted by Gasteiger charge is 2.57. The van der Waals surface area contributed by atoms with E-state index in [9.17, 15) is 29.1 Å². The second-order valence-electron chi connectivity index (χ2n) is 13.9. The number of carboxylic acids is 1. The van der Waals surface area contributed by atoms with E-state index in [1.54, 1.807) is 11.0 Å². The van der Waals surface area contributed by atoms with E-state index in [-0.39, 0.29) is 78.4 Å². The normalized spacial score (nSPS) is 27.4. The zero-order chi connectivity index (χ0) is 35.1. The Balaban J connectivity index is 1.00. The summed E-state index contributed by atoms with van der Waals surface area (Å²) in [7, 11) is 1.41. The van der Waals surface area contributed by atoms with Crippen LogP contribution in [-0.4, -0.2) is 110 Å². The molecule has 2 aromatic rings. The number of allylic oxidation sites excluding steroid dienone is 4. The number of benzene rings is 1. The van der Waals surface area contributed by atoms with Crippen LogP contribution in [0.5, 0.6) is 5.75 Å². The average molecular weight is 692 g/mol. The molecule has 1 N–H and O–H groups in total. The van der Waals surface area contributed by atoms with Gasteiger partial charge in [0.2, 0.25) is 11.6 Å². The van der Waals surface area contributed by atoms with E-state index in [2.05, 4.69) is 10.3 Å². The summed E-state index contributed by atoms with van der Waals surface area (Å²) in [6.07, 6.45) is 9.00. The number of amides is 2. The van der Waals surface area contributed by atoms with Gasteiger partial charge in [-0.2, -0.15) is 0 Å². The van der Waals surface area contributed by atoms with Crippen molar-refractivity contribution in [2.45, 2.75) is 62.9 Å². The number of halogens is 2. The van der Waals surface area contributed by atoms with Gasteiger partial charge in [0.1, 0.15) is 23.8 Å². The summed E-state index contributed by atoms with van der Waals surface area (Å²) in [6, 6.07) is 0.933. The largest absolute Gasteiger partial charge is 0.492 e. The summed E-state index contributed by atoms with van der Waals surface area (Å²) in [4.78, 5) is 70.4. The van der Waals surface area contributed by atoms with Crippen molar-refractivity contribution in [2.75, 3.05) is 43.1 Å². The second kappa shape index (κ2) is 11.7. The van der Waals surface area contributed by atoms with Crippen LogP contribution in [0.25, 0.3) is 0 Å². The molecule has 0 radical (unpaired) electrons. The number of hydrogen-bond donors (Lipinski definition) is 1. The van der Waals surface area contributed by atoms with Gasteiger partial charge >= 0.3 is 5.97 Å². The Bertz CT molecular complexity index is 1910. The molecule has 2 amide bonds. The third kappa shape index (κ3) is 4.97. The fraction of sp³-hybridized carbons (Fsp3) is 0.500. The SMILES string of the molecule is COc1c(N2C[C@H]3CCCN(C(=O)Cn4cc(CN5C(=O)C(=O)C6(F)CC=CC=C56)nn4)[C@H]3C2)c(F)cc2c1N(C1CC1)CC(C(=O)O)C2=O. The molecule has 16 heteroatoms. The van der Waals surface area contributed by atoms with Crippen molar-refractivity contribution >= 4 is 40.7 Å². The number of aliphatic carboxylic acids is 1. The standard InChI is InChI=1S/C34H35F2N7O7/c1-50-30-27-21(29(45)22(33(48)49)15-42(27)20-7-8-20)11-23(35)28(30)39-12-18-5-4-10-41(24(18)16-39)26(44)17-40-13-19(37-38-40)14-43-25-6-2-3-9-34(25,36)31(46)32(43)47/h2-3,6,11,13,18,20,22,24H,4-5,7-10,12,14-17H2,1H3,(H,48,49)/t18-,22?,24+,34?/m1/s1. The molecule has 1 saturated carbocycles. The van der Waals surface area contributed by atoms with Gasteiger partial charge in [0.05, 0.1) is 37.3 Å². The zero-order valence-corrected chi connectivity index (χ0v) is 27.3. The molecule has 4 fully saturated rings. The van der Waals surface area contributed by atoms with Crippen LogP contribution in [0.4, 0.5) is 20.2 Å². The quantitative estimate of drug-likeness (QED) is 0.318. The van der Waals surface area contributed by atoms with E-state index in [4.69, 9.17) is 4.74 Å². The van der Waals surface area contributed by atoms with Crippen molar-refractivity contribution in [1.29, 1.82) is 0 Å². The molecule has 4 atom stereocenters. The minimum atomic E-state index is -2.39. The molecule has 262 valence electrons. The number of nitrogens with zero attached hydrogens (tertiary/aromatic N) is 7. The number of anilines is 2. The van der Waals surface area contributed by atoms with Gasteiger partial charge in [-0.1, -0.05) is 17.4 Å². The van der Waals surface area contributed by atoms with Gasteiger partial charge in [0.25, 0.3) is 11.7 Å². The van der Waals surface area contributed by atoms with Gasteiger partial charge in [0, 0.05) is 44.2 Å². The Labute approximate surface area is 284 Å². The number of hydrogen-bond acceptors (Lipinski definition) is 10. The van der Waals surface area contributed by atoms with Gasteiger partial charge in [-0.15, -0.1) is 5.10 Å². The number of ketones is 2.